The van der Waals surface area contributed by atoms with Crippen molar-refractivity contribution in [3.8, 4) is 0 Å². The third-order valence-electron chi connectivity index (χ3n) is 2.98. The van der Waals surface area contributed by atoms with E-state index in [1.165, 1.54) is 13.2 Å². The maximum Gasteiger partial charge on any atom is 0.340 e. The summed E-state index contributed by atoms with van der Waals surface area (Å²) in [5.74, 6) is 0.227. The molecule has 1 heterocycles. The molecule has 1 aromatic carbocycles. The molecule has 0 amide bonds. The van der Waals surface area contributed by atoms with Crippen molar-refractivity contribution in [1.29, 1.82) is 0 Å². The van der Waals surface area contributed by atoms with Crippen LogP contribution >= 0.6 is 11.6 Å². The first kappa shape index (κ1) is 15.1. The summed E-state index contributed by atoms with van der Waals surface area (Å²) in [5, 5.41) is 11.3. The zero-order valence-corrected chi connectivity index (χ0v) is 12.5. The topological polar surface area (TPSA) is 95.1 Å². The lowest BCUT2D eigenvalue weighted by Crippen LogP contribution is -2.12. The van der Waals surface area contributed by atoms with Crippen molar-refractivity contribution in [2.24, 2.45) is 0 Å². The van der Waals surface area contributed by atoms with Crippen LogP contribution < -0.4 is 11.1 Å². The third-order valence-corrected chi connectivity index (χ3v) is 3.28. The number of halogens is 1. The molecule has 0 aliphatic rings. The van der Waals surface area contributed by atoms with Crippen molar-refractivity contribution in [2.75, 3.05) is 18.2 Å². The number of anilines is 2. The molecule has 2 rings (SSSR count). The fraction of sp³-hybridized carbons (Fsp3) is 0.308. The Morgan fingerprint density at radius 3 is 2.95 bits per heavy atom. The molecule has 112 valence electrons. The summed E-state index contributed by atoms with van der Waals surface area (Å²) in [6.07, 6.45) is 1.64. The number of methoxy groups -OCH3 is 1. The highest BCUT2D eigenvalue weighted by Gasteiger charge is 2.16. The Bertz CT molecular complexity index is 656. The summed E-state index contributed by atoms with van der Waals surface area (Å²) in [5.41, 5.74) is 6.85. The highest BCUT2D eigenvalue weighted by molar-refractivity contribution is 6.34. The molecule has 0 aliphatic carbocycles. The van der Waals surface area contributed by atoms with E-state index >= 15 is 0 Å². The Kier molecular flexibility index (Phi) is 4.64. The lowest BCUT2D eigenvalue weighted by atomic mass is 10.1. The van der Waals surface area contributed by atoms with Crippen LogP contribution in [-0.4, -0.2) is 27.8 Å². The van der Waals surface area contributed by atoms with Gasteiger partial charge >= 0.3 is 5.97 Å². The van der Waals surface area contributed by atoms with E-state index in [2.05, 4.69) is 15.5 Å². The number of nitrogens with one attached hydrogen (secondary N) is 1. The van der Waals surface area contributed by atoms with E-state index in [-0.39, 0.29) is 5.56 Å². The number of aromatic nitrogens is 3. The summed E-state index contributed by atoms with van der Waals surface area (Å²) >= 11 is 6.16. The fourth-order valence-electron chi connectivity index (χ4n) is 1.93. The smallest absolute Gasteiger partial charge is 0.340 e. The molecule has 0 saturated carbocycles. The molecule has 0 bridgehead atoms. The van der Waals surface area contributed by atoms with Crippen LogP contribution in [0.15, 0.2) is 18.5 Å². The van der Waals surface area contributed by atoms with Gasteiger partial charge in [-0.2, -0.15) is 0 Å². The van der Waals surface area contributed by atoms with Crippen LogP contribution in [0.1, 0.15) is 23.1 Å². The number of nitrogens with zero attached hydrogens (tertiary/aromatic N) is 3. The molecular weight excluding hydrogens is 294 g/mol. The van der Waals surface area contributed by atoms with E-state index in [4.69, 9.17) is 22.1 Å². The van der Waals surface area contributed by atoms with E-state index in [1.54, 1.807) is 12.4 Å². The summed E-state index contributed by atoms with van der Waals surface area (Å²) in [6, 6.07) is 3.09. The quantitative estimate of drug-likeness (QED) is 0.647. The van der Waals surface area contributed by atoms with E-state index < -0.39 is 5.97 Å². The van der Waals surface area contributed by atoms with Crippen molar-refractivity contribution in [3.63, 3.8) is 0 Å². The minimum atomic E-state index is -0.511. The van der Waals surface area contributed by atoms with Crippen molar-refractivity contribution in [3.05, 3.63) is 34.9 Å². The number of benzene rings is 1. The predicted molar refractivity (Wildman–Crippen MR) is 80.2 cm³/mol. The largest absolute Gasteiger partial charge is 0.465 e. The van der Waals surface area contributed by atoms with Gasteiger partial charge in [0.15, 0.2) is 5.82 Å². The van der Waals surface area contributed by atoms with Crippen LogP contribution in [0.5, 0.6) is 0 Å². The number of rotatable bonds is 5. The lowest BCUT2D eigenvalue weighted by molar-refractivity contribution is 0.0602. The van der Waals surface area contributed by atoms with Gasteiger partial charge in [0.1, 0.15) is 6.33 Å². The molecule has 3 N–H and O–H groups in total. The van der Waals surface area contributed by atoms with Gasteiger partial charge in [-0.3, -0.25) is 0 Å². The molecule has 0 unspecified atom stereocenters. The minimum Gasteiger partial charge on any atom is -0.465 e. The molecule has 0 saturated heterocycles. The van der Waals surface area contributed by atoms with Crippen molar-refractivity contribution >= 4 is 28.9 Å². The first-order valence-electron chi connectivity index (χ1n) is 6.34. The van der Waals surface area contributed by atoms with Gasteiger partial charge in [-0.1, -0.05) is 11.6 Å². The van der Waals surface area contributed by atoms with Gasteiger partial charge in [0, 0.05) is 12.2 Å². The van der Waals surface area contributed by atoms with E-state index in [0.29, 0.717) is 22.9 Å². The first-order chi connectivity index (χ1) is 10.1. The molecule has 7 nitrogen and oxygen atoms in total. The van der Waals surface area contributed by atoms with Crippen LogP contribution in [0.4, 0.5) is 11.4 Å². The van der Waals surface area contributed by atoms with Crippen LogP contribution in [0.3, 0.4) is 0 Å². The minimum absolute atomic E-state index is 0.282. The standard InChI is InChI=1S/C13H16ClN5O2/c1-3-19-7-17-18-11(19)6-16-12-9(13(20)21-2)4-8(15)5-10(12)14/h4-5,7,16H,3,6,15H2,1-2H3. The summed E-state index contributed by atoms with van der Waals surface area (Å²) in [4.78, 5) is 11.8. The Labute approximate surface area is 127 Å². The first-order valence-corrected chi connectivity index (χ1v) is 6.72. The van der Waals surface area contributed by atoms with Crippen molar-refractivity contribution in [2.45, 2.75) is 20.0 Å². The molecule has 0 fully saturated rings. The number of esters is 1. The molecule has 0 atom stereocenters. The van der Waals surface area contributed by atoms with E-state index in [9.17, 15) is 4.79 Å². The number of carbonyl (C=O) groups excluding carboxylic acids is 1. The SMILES string of the molecule is CCn1cnnc1CNc1c(Cl)cc(N)cc1C(=O)OC. The predicted octanol–water partition coefficient (Wildman–Crippen LogP) is 1.93. The van der Waals surface area contributed by atoms with Crippen LogP contribution in [-0.2, 0) is 17.8 Å². The number of aryl methyl sites for hydroxylation is 1. The van der Waals surface area contributed by atoms with Gasteiger partial charge in [0.2, 0.25) is 0 Å². The zero-order valence-electron chi connectivity index (χ0n) is 11.8. The average molecular weight is 310 g/mol. The molecule has 0 radical (unpaired) electrons. The third kappa shape index (κ3) is 3.25. The number of ether oxygens (including phenoxy) is 1. The monoisotopic (exact) mass is 309 g/mol. The van der Waals surface area contributed by atoms with Crippen LogP contribution in [0.25, 0.3) is 0 Å². The number of carbonyl (C=O) groups is 1. The number of nitrogen functional groups attached to an aromatic ring is 1. The van der Waals surface area contributed by atoms with Gasteiger partial charge in [-0.15, -0.1) is 10.2 Å². The highest BCUT2D eigenvalue weighted by Crippen LogP contribution is 2.30. The maximum absolute atomic E-state index is 11.8. The van der Waals surface area contributed by atoms with Crippen molar-refractivity contribution in [1.82, 2.24) is 14.8 Å². The van der Waals surface area contributed by atoms with Gasteiger partial charge in [0.25, 0.3) is 0 Å². The van der Waals surface area contributed by atoms with Gasteiger partial charge in [0.05, 0.1) is 29.9 Å². The maximum atomic E-state index is 11.8. The van der Waals surface area contributed by atoms with Gasteiger partial charge in [-0.25, -0.2) is 4.79 Å². The normalized spacial score (nSPS) is 10.4. The number of nitrogens with two attached hydrogens (primary N) is 1. The Morgan fingerprint density at radius 1 is 1.52 bits per heavy atom. The molecule has 0 aliphatic heterocycles. The second-order valence-electron chi connectivity index (χ2n) is 4.30. The molecule has 0 spiro atoms. The molecule has 8 heteroatoms. The molecule has 1 aromatic heterocycles. The van der Waals surface area contributed by atoms with Gasteiger partial charge < -0.3 is 20.4 Å². The highest BCUT2D eigenvalue weighted by atomic mass is 35.5. The molecular formula is C13H16ClN5O2. The van der Waals surface area contributed by atoms with E-state index in [1.807, 2.05) is 11.5 Å². The Balaban J connectivity index is 2.29. The summed E-state index contributed by atoms with van der Waals surface area (Å²) < 4.78 is 6.63. The number of hydrogen-bond acceptors (Lipinski definition) is 6. The summed E-state index contributed by atoms with van der Waals surface area (Å²) in [7, 11) is 1.30. The number of hydrogen-bond donors (Lipinski definition) is 2. The average Bonchev–Trinajstić information content (AvgIpc) is 2.92. The van der Waals surface area contributed by atoms with Gasteiger partial charge in [-0.05, 0) is 19.1 Å². The van der Waals surface area contributed by atoms with E-state index in [0.717, 1.165) is 12.4 Å². The van der Waals surface area contributed by atoms with Crippen LogP contribution in [0, 0.1) is 0 Å². The summed E-state index contributed by atoms with van der Waals surface area (Å²) in [6.45, 7) is 3.12. The van der Waals surface area contributed by atoms with Crippen LogP contribution in [0.2, 0.25) is 5.02 Å². The molecule has 2 aromatic rings. The van der Waals surface area contributed by atoms with Crippen molar-refractivity contribution < 1.29 is 9.53 Å². The second-order valence-corrected chi connectivity index (χ2v) is 4.71. The second kappa shape index (κ2) is 6.45. The lowest BCUT2D eigenvalue weighted by Gasteiger charge is -2.13. The fourth-order valence-corrected chi connectivity index (χ4v) is 2.22. The Morgan fingerprint density at radius 2 is 2.29 bits per heavy atom. The molecule has 21 heavy (non-hydrogen) atoms. The zero-order chi connectivity index (χ0) is 15.4. The Hall–Kier alpha value is -2.28.